The zero-order chi connectivity index (χ0) is 19.5. The standard InChI is InChI=1S/C21H31N5O2/c1-2-3-4-20-23-18-6-5-17(15-19(18)26(20)21(22)27)24-9-7-16(8-10-24)25-11-13-28-14-12-25/h5-6,15-16H,2-4,7-14H2,1H3,(H2,22,27). The van der Waals surface area contributed by atoms with Crippen molar-refractivity contribution in [2.24, 2.45) is 5.73 Å². The summed E-state index contributed by atoms with van der Waals surface area (Å²) in [5.74, 6) is 0.771. The van der Waals surface area contributed by atoms with Crippen LogP contribution in [0.5, 0.6) is 0 Å². The molecule has 0 aliphatic carbocycles. The molecule has 2 fully saturated rings. The van der Waals surface area contributed by atoms with Crippen LogP contribution < -0.4 is 10.6 Å². The minimum absolute atomic E-state index is 0.447. The van der Waals surface area contributed by atoms with Gasteiger partial charge in [0.25, 0.3) is 0 Å². The van der Waals surface area contributed by atoms with Crippen molar-refractivity contribution in [2.45, 2.75) is 45.1 Å². The van der Waals surface area contributed by atoms with E-state index in [9.17, 15) is 4.79 Å². The lowest BCUT2D eigenvalue weighted by Gasteiger charge is -2.40. The van der Waals surface area contributed by atoms with Gasteiger partial charge in [0.15, 0.2) is 0 Å². The van der Waals surface area contributed by atoms with Gasteiger partial charge in [0.1, 0.15) is 5.82 Å². The Hall–Kier alpha value is -2.12. The lowest BCUT2D eigenvalue weighted by molar-refractivity contribution is 0.0115. The SMILES string of the molecule is CCCCc1nc2ccc(N3CCC(N4CCOCC4)CC3)cc2n1C(N)=O. The van der Waals surface area contributed by atoms with Crippen molar-refractivity contribution in [1.82, 2.24) is 14.5 Å². The summed E-state index contributed by atoms with van der Waals surface area (Å²) in [6.07, 6.45) is 5.15. The van der Waals surface area contributed by atoms with E-state index in [-0.39, 0.29) is 0 Å². The monoisotopic (exact) mass is 385 g/mol. The molecule has 0 bridgehead atoms. The highest BCUT2D eigenvalue weighted by molar-refractivity contribution is 5.91. The maximum atomic E-state index is 12.1. The summed E-state index contributed by atoms with van der Waals surface area (Å²) in [6, 6.07) is 6.43. The molecule has 1 aromatic carbocycles. The third kappa shape index (κ3) is 3.86. The summed E-state index contributed by atoms with van der Waals surface area (Å²) in [5, 5.41) is 0. The molecule has 4 rings (SSSR count). The van der Waals surface area contributed by atoms with Gasteiger partial charge in [0, 0.05) is 44.3 Å². The highest BCUT2D eigenvalue weighted by Crippen LogP contribution is 2.27. The van der Waals surface area contributed by atoms with Gasteiger partial charge in [0.2, 0.25) is 0 Å². The molecule has 28 heavy (non-hydrogen) atoms. The van der Waals surface area contributed by atoms with Gasteiger partial charge in [-0.1, -0.05) is 13.3 Å². The Morgan fingerprint density at radius 2 is 1.96 bits per heavy atom. The number of carbonyl (C=O) groups is 1. The Labute approximate surface area is 166 Å². The Kier molecular flexibility index (Phi) is 5.82. The molecule has 2 aliphatic rings. The van der Waals surface area contributed by atoms with Crippen molar-refractivity contribution in [1.29, 1.82) is 0 Å². The number of hydrogen-bond donors (Lipinski definition) is 1. The smallest absolute Gasteiger partial charge is 0.324 e. The van der Waals surface area contributed by atoms with Gasteiger partial charge in [-0.2, -0.15) is 0 Å². The molecule has 3 heterocycles. The minimum atomic E-state index is -0.447. The van der Waals surface area contributed by atoms with Crippen LogP contribution in [0.4, 0.5) is 10.5 Å². The molecule has 152 valence electrons. The highest BCUT2D eigenvalue weighted by atomic mass is 16.5. The van der Waals surface area contributed by atoms with Crippen molar-refractivity contribution >= 4 is 22.8 Å². The molecule has 2 aromatic rings. The number of aryl methyl sites for hydroxylation is 1. The van der Waals surface area contributed by atoms with Crippen LogP contribution in [0, 0.1) is 0 Å². The number of unbranched alkanes of at least 4 members (excludes halogenated alkanes) is 1. The van der Waals surface area contributed by atoms with Crippen molar-refractivity contribution < 1.29 is 9.53 Å². The fourth-order valence-corrected chi connectivity index (χ4v) is 4.49. The average molecular weight is 386 g/mol. The summed E-state index contributed by atoms with van der Waals surface area (Å²) in [4.78, 5) is 21.7. The van der Waals surface area contributed by atoms with E-state index < -0.39 is 6.03 Å². The van der Waals surface area contributed by atoms with Crippen LogP contribution >= 0.6 is 0 Å². The van der Waals surface area contributed by atoms with Crippen LogP contribution in [-0.2, 0) is 11.2 Å². The van der Waals surface area contributed by atoms with Gasteiger partial charge >= 0.3 is 6.03 Å². The van der Waals surface area contributed by atoms with Crippen LogP contribution in [0.3, 0.4) is 0 Å². The number of piperidine rings is 1. The number of ether oxygens (including phenoxy) is 1. The Balaban J connectivity index is 1.51. The summed E-state index contributed by atoms with van der Waals surface area (Å²) in [7, 11) is 0. The Bertz CT molecular complexity index is 820. The zero-order valence-corrected chi connectivity index (χ0v) is 16.8. The molecule has 1 aromatic heterocycles. The van der Waals surface area contributed by atoms with E-state index in [4.69, 9.17) is 10.5 Å². The first-order valence-electron chi connectivity index (χ1n) is 10.6. The van der Waals surface area contributed by atoms with Crippen molar-refractivity contribution in [3.63, 3.8) is 0 Å². The summed E-state index contributed by atoms with van der Waals surface area (Å²) >= 11 is 0. The maximum Gasteiger partial charge on any atom is 0.324 e. The number of rotatable bonds is 5. The molecule has 0 saturated carbocycles. The predicted octanol–water partition coefficient (Wildman–Crippen LogP) is 2.61. The number of imidazole rings is 1. The summed E-state index contributed by atoms with van der Waals surface area (Å²) < 4.78 is 7.07. The molecule has 7 nitrogen and oxygen atoms in total. The normalized spacial score (nSPS) is 19.4. The number of amides is 1. The van der Waals surface area contributed by atoms with E-state index in [2.05, 4.69) is 33.8 Å². The van der Waals surface area contributed by atoms with E-state index in [0.717, 1.165) is 94.0 Å². The first-order chi connectivity index (χ1) is 13.7. The minimum Gasteiger partial charge on any atom is -0.379 e. The van der Waals surface area contributed by atoms with Gasteiger partial charge in [-0.15, -0.1) is 0 Å². The fraction of sp³-hybridized carbons (Fsp3) is 0.619. The predicted molar refractivity (Wildman–Crippen MR) is 111 cm³/mol. The van der Waals surface area contributed by atoms with Gasteiger partial charge in [-0.05, 0) is 37.5 Å². The first-order valence-corrected chi connectivity index (χ1v) is 10.6. The Morgan fingerprint density at radius 3 is 2.64 bits per heavy atom. The number of carbonyl (C=O) groups excluding carboxylic acids is 1. The number of hydrogen-bond acceptors (Lipinski definition) is 5. The Morgan fingerprint density at radius 1 is 1.21 bits per heavy atom. The number of nitrogens with two attached hydrogens (primary N) is 1. The average Bonchev–Trinajstić information content (AvgIpc) is 3.10. The van der Waals surface area contributed by atoms with Gasteiger partial charge < -0.3 is 15.4 Å². The molecular weight excluding hydrogens is 354 g/mol. The van der Waals surface area contributed by atoms with Crippen LogP contribution in [0.25, 0.3) is 11.0 Å². The number of aromatic nitrogens is 2. The second kappa shape index (κ2) is 8.49. The first kappa shape index (κ1) is 19.2. The zero-order valence-electron chi connectivity index (χ0n) is 16.8. The van der Waals surface area contributed by atoms with Crippen molar-refractivity contribution in [3.05, 3.63) is 24.0 Å². The summed E-state index contributed by atoms with van der Waals surface area (Å²) in [6.45, 7) is 8.00. The van der Waals surface area contributed by atoms with Crippen LogP contribution in [0.1, 0.15) is 38.4 Å². The fourth-order valence-electron chi connectivity index (χ4n) is 4.49. The second-order valence-corrected chi connectivity index (χ2v) is 7.84. The van der Waals surface area contributed by atoms with Crippen molar-refractivity contribution in [2.75, 3.05) is 44.3 Å². The number of nitrogens with zero attached hydrogens (tertiary/aromatic N) is 4. The van der Waals surface area contributed by atoms with E-state index in [1.165, 1.54) is 0 Å². The molecule has 0 atom stereocenters. The molecule has 7 heteroatoms. The molecule has 0 radical (unpaired) electrons. The topological polar surface area (TPSA) is 76.6 Å². The molecule has 0 spiro atoms. The molecule has 2 aliphatic heterocycles. The van der Waals surface area contributed by atoms with E-state index in [1.807, 2.05) is 6.07 Å². The lowest BCUT2D eigenvalue weighted by atomic mass is 10.0. The van der Waals surface area contributed by atoms with Crippen LogP contribution in [-0.4, -0.2) is 65.9 Å². The molecule has 0 unspecified atom stereocenters. The van der Waals surface area contributed by atoms with Gasteiger partial charge in [-0.3, -0.25) is 4.90 Å². The molecule has 2 N–H and O–H groups in total. The number of anilines is 1. The largest absolute Gasteiger partial charge is 0.379 e. The van der Waals surface area contributed by atoms with Crippen molar-refractivity contribution in [3.8, 4) is 0 Å². The van der Waals surface area contributed by atoms with Gasteiger partial charge in [0.05, 0.1) is 24.2 Å². The van der Waals surface area contributed by atoms with E-state index >= 15 is 0 Å². The molecule has 2 saturated heterocycles. The number of benzene rings is 1. The third-order valence-corrected chi connectivity index (χ3v) is 6.07. The third-order valence-electron chi connectivity index (χ3n) is 6.07. The number of fused-ring (bicyclic) bond motifs is 1. The quantitative estimate of drug-likeness (QED) is 0.856. The van der Waals surface area contributed by atoms with Crippen LogP contribution in [0.2, 0.25) is 0 Å². The maximum absolute atomic E-state index is 12.1. The second-order valence-electron chi connectivity index (χ2n) is 7.84. The lowest BCUT2D eigenvalue weighted by Crippen LogP contribution is -2.49. The van der Waals surface area contributed by atoms with Crippen LogP contribution in [0.15, 0.2) is 18.2 Å². The van der Waals surface area contributed by atoms with E-state index in [1.54, 1.807) is 4.57 Å². The summed E-state index contributed by atoms with van der Waals surface area (Å²) in [5.41, 5.74) is 8.50. The molecule has 1 amide bonds. The van der Waals surface area contributed by atoms with E-state index in [0.29, 0.717) is 6.04 Å². The number of primary amides is 1. The number of morpholine rings is 1. The van der Waals surface area contributed by atoms with Gasteiger partial charge in [-0.25, -0.2) is 14.3 Å². The highest BCUT2D eigenvalue weighted by Gasteiger charge is 2.26. The molecular formula is C21H31N5O2.